The summed E-state index contributed by atoms with van der Waals surface area (Å²) in [5.41, 5.74) is 0.399. The second kappa shape index (κ2) is 6.72. The monoisotopic (exact) mass is 472 g/mol. The summed E-state index contributed by atoms with van der Waals surface area (Å²) in [6.45, 7) is 0. The zero-order valence-electron chi connectivity index (χ0n) is 17.2. The fourth-order valence-corrected chi connectivity index (χ4v) is 5.84. The predicted molar refractivity (Wildman–Crippen MR) is 131 cm³/mol. The van der Waals surface area contributed by atoms with Crippen LogP contribution in [0.25, 0.3) is 52.8 Å². The summed E-state index contributed by atoms with van der Waals surface area (Å²) in [4.78, 5) is 0. The van der Waals surface area contributed by atoms with Gasteiger partial charge in [-0.05, 0) is 27.6 Å². The molecule has 5 aromatic carbocycles. The highest BCUT2D eigenvalue weighted by Gasteiger charge is 2.30. The van der Waals surface area contributed by atoms with Crippen LogP contribution in [0.4, 0.5) is 0 Å². The van der Waals surface area contributed by atoms with Crippen LogP contribution in [0, 0.1) is 0 Å². The molecule has 168 valence electrons. The summed E-state index contributed by atoms with van der Waals surface area (Å²) in [5, 5.41) is 77.4. The number of rotatable bonds is 1. The molecule has 6 rings (SSSR count). The van der Waals surface area contributed by atoms with E-state index in [0.717, 1.165) is 22.1 Å². The van der Waals surface area contributed by atoms with Crippen molar-refractivity contribution in [3.8, 4) is 51.4 Å². The van der Waals surface area contributed by atoms with Gasteiger partial charge in [0.2, 0.25) is 11.5 Å². The number of benzene rings is 5. The van der Waals surface area contributed by atoms with Crippen LogP contribution in [0.5, 0.6) is 40.2 Å². The minimum Gasteiger partial charge on any atom is -0.506 e. The number of thiophene rings is 1. The maximum atomic E-state index is 11.5. The molecule has 0 atom stereocenters. The molecule has 8 heteroatoms. The zero-order chi connectivity index (χ0) is 23.9. The van der Waals surface area contributed by atoms with Gasteiger partial charge < -0.3 is 35.7 Å². The van der Waals surface area contributed by atoms with Crippen LogP contribution >= 0.6 is 11.3 Å². The molecule has 1 heterocycles. The lowest BCUT2D eigenvalue weighted by molar-refractivity contribution is 0.351. The number of phenols is 7. The summed E-state index contributed by atoms with van der Waals surface area (Å²) in [5.74, 6) is -5.00. The Morgan fingerprint density at radius 2 is 0.912 bits per heavy atom. The van der Waals surface area contributed by atoms with Crippen molar-refractivity contribution in [3.63, 3.8) is 0 Å². The van der Waals surface area contributed by atoms with Crippen molar-refractivity contribution >= 4 is 53.1 Å². The second-order valence-electron chi connectivity index (χ2n) is 8.02. The number of hydrogen-bond donors (Lipinski definition) is 7. The first-order valence-corrected chi connectivity index (χ1v) is 11.0. The first kappa shape index (κ1) is 20.1. The topological polar surface area (TPSA) is 142 Å². The SMILES string of the molecule is Oc1c(O)c(O)c2c(sc3c(O)c(O)c(-c4c5ccccc5cc5ccccc45)c(O)c32)c1O. The van der Waals surface area contributed by atoms with E-state index in [9.17, 15) is 35.7 Å². The number of hydrogen-bond acceptors (Lipinski definition) is 8. The van der Waals surface area contributed by atoms with Gasteiger partial charge >= 0.3 is 0 Å². The van der Waals surface area contributed by atoms with Gasteiger partial charge in [-0.2, -0.15) is 0 Å². The minimum atomic E-state index is -0.964. The highest BCUT2D eigenvalue weighted by molar-refractivity contribution is 7.26. The van der Waals surface area contributed by atoms with Crippen LogP contribution in [0.2, 0.25) is 0 Å². The molecule has 7 N–H and O–H groups in total. The maximum Gasteiger partial charge on any atom is 0.205 e. The molecule has 0 fully saturated rings. The average molecular weight is 472 g/mol. The first-order valence-electron chi connectivity index (χ1n) is 10.2. The van der Waals surface area contributed by atoms with Crippen molar-refractivity contribution in [2.75, 3.05) is 0 Å². The van der Waals surface area contributed by atoms with Gasteiger partial charge in [-0.25, -0.2) is 0 Å². The molecular weight excluding hydrogens is 456 g/mol. The van der Waals surface area contributed by atoms with Gasteiger partial charge in [0.15, 0.2) is 23.0 Å². The van der Waals surface area contributed by atoms with E-state index in [0.29, 0.717) is 16.3 Å². The van der Waals surface area contributed by atoms with Crippen molar-refractivity contribution in [2.24, 2.45) is 0 Å². The quantitative estimate of drug-likeness (QED) is 0.0888. The lowest BCUT2D eigenvalue weighted by atomic mass is 9.90. The van der Waals surface area contributed by atoms with Gasteiger partial charge in [0, 0.05) is 5.56 Å². The molecule has 0 amide bonds. The zero-order valence-corrected chi connectivity index (χ0v) is 18.1. The Kier molecular flexibility index (Phi) is 3.97. The van der Waals surface area contributed by atoms with Crippen molar-refractivity contribution in [1.82, 2.24) is 0 Å². The molecule has 0 saturated carbocycles. The molecular formula is C26H16O7S. The van der Waals surface area contributed by atoms with Gasteiger partial charge in [0.1, 0.15) is 5.75 Å². The summed E-state index contributed by atoms with van der Waals surface area (Å²) in [6.07, 6.45) is 0. The molecule has 0 aliphatic carbocycles. The first-order chi connectivity index (χ1) is 16.3. The van der Waals surface area contributed by atoms with Crippen molar-refractivity contribution in [3.05, 3.63) is 54.6 Å². The van der Waals surface area contributed by atoms with Crippen molar-refractivity contribution in [2.45, 2.75) is 0 Å². The highest BCUT2D eigenvalue weighted by Crippen LogP contribution is 2.61. The largest absolute Gasteiger partial charge is 0.506 e. The summed E-state index contributed by atoms with van der Waals surface area (Å²) >= 11 is 0.740. The molecule has 0 spiro atoms. The van der Waals surface area contributed by atoms with Gasteiger partial charge in [-0.3, -0.25) is 0 Å². The molecule has 6 aromatic rings. The number of phenolic OH excluding ortho intramolecular Hbond substituents is 7. The third-order valence-corrected chi connectivity index (χ3v) is 7.41. The second-order valence-corrected chi connectivity index (χ2v) is 9.04. The summed E-state index contributed by atoms with van der Waals surface area (Å²) in [6, 6.07) is 16.8. The lowest BCUT2D eigenvalue weighted by Gasteiger charge is -2.16. The van der Waals surface area contributed by atoms with E-state index in [-0.39, 0.29) is 25.7 Å². The van der Waals surface area contributed by atoms with Crippen LogP contribution in [-0.4, -0.2) is 35.7 Å². The Labute approximate surface area is 194 Å². The van der Waals surface area contributed by atoms with Crippen LogP contribution in [0.15, 0.2) is 54.6 Å². The van der Waals surface area contributed by atoms with Crippen LogP contribution in [0.1, 0.15) is 0 Å². The van der Waals surface area contributed by atoms with E-state index in [1.165, 1.54) is 0 Å². The van der Waals surface area contributed by atoms with E-state index in [1.54, 1.807) is 0 Å². The van der Waals surface area contributed by atoms with E-state index in [1.807, 2.05) is 54.6 Å². The smallest absolute Gasteiger partial charge is 0.205 e. The Morgan fingerprint density at radius 1 is 0.441 bits per heavy atom. The van der Waals surface area contributed by atoms with Gasteiger partial charge in [0.25, 0.3) is 0 Å². The number of aromatic hydroxyl groups is 7. The molecule has 34 heavy (non-hydrogen) atoms. The van der Waals surface area contributed by atoms with Gasteiger partial charge in [-0.1, -0.05) is 48.5 Å². The summed E-state index contributed by atoms with van der Waals surface area (Å²) < 4.78 is -0.110. The Morgan fingerprint density at radius 3 is 1.50 bits per heavy atom. The fourth-order valence-electron chi connectivity index (χ4n) is 4.65. The molecule has 0 unspecified atom stereocenters. The summed E-state index contributed by atoms with van der Waals surface area (Å²) in [7, 11) is 0. The molecule has 7 nitrogen and oxygen atoms in total. The molecule has 0 aliphatic heterocycles. The molecule has 0 bridgehead atoms. The highest BCUT2D eigenvalue weighted by atomic mass is 32.1. The predicted octanol–water partition coefficient (Wildman–Crippen LogP) is 5.97. The van der Waals surface area contributed by atoms with E-state index in [4.69, 9.17) is 0 Å². The molecule has 0 radical (unpaired) electrons. The lowest BCUT2D eigenvalue weighted by Crippen LogP contribution is -1.88. The van der Waals surface area contributed by atoms with Gasteiger partial charge in [0.05, 0.1) is 25.7 Å². The Balaban J connectivity index is 1.89. The van der Waals surface area contributed by atoms with Crippen LogP contribution < -0.4 is 0 Å². The van der Waals surface area contributed by atoms with Crippen molar-refractivity contribution < 1.29 is 35.7 Å². The number of fused-ring (bicyclic) bond motifs is 5. The Hall–Kier alpha value is -4.56. The van der Waals surface area contributed by atoms with E-state index >= 15 is 0 Å². The third-order valence-electron chi connectivity index (χ3n) is 6.20. The minimum absolute atomic E-state index is 0.0334. The van der Waals surface area contributed by atoms with Crippen LogP contribution in [0.3, 0.4) is 0 Å². The van der Waals surface area contributed by atoms with E-state index < -0.39 is 40.2 Å². The Bertz CT molecular complexity index is 1780. The van der Waals surface area contributed by atoms with Gasteiger partial charge in [-0.15, -0.1) is 11.3 Å². The normalized spacial score (nSPS) is 11.8. The maximum absolute atomic E-state index is 11.5. The molecule has 0 aliphatic rings. The van der Waals surface area contributed by atoms with Crippen molar-refractivity contribution in [1.29, 1.82) is 0 Å². The standard InChI is InChI=1S/C26H16O7S/c27-18-15(14-12-7-3-1-5-10(12)9-11-6-2-4-8-13(11)14)19(28)23(32)25-16(18)17-20(29)21(30)22(31)24(33)26(17)34-25/h1-9,27-33H. The average Bonchev–Trinajstić information content (AvgIpc) is 3.26. The third kappa shape index (κ3) is 2.40. The molecule has 1 aromatic heterocycles. The van der Waals surface area contributed by atoms with E-state index in [2.05, 4.69) is 0 Å². The van der Waals surface area contributed by atoms with Crippen LogP contribution in [-0.2, 0) is 0 Å². The molecule has 0 saturated heterocycles. The fraction of sp³-hybridized carbons (Fsp3) is 0.